The summed E-state index contributed by atoms with van der Waals surface area (Å²) in [5.41, 5.74) is 2.83. The average Bonchev–Trinajstić information content (AvgIpc) is 2.64. The van der Waals surface area contributed by atoms with Gasteiger partial charge < -0.3 is 10.6 Å². The molecule has 0 rings (SSSR count). The van der Waals surface area contributed by atoms with Crippen LogP contribution >= 0.6 is 0 Å². The molecule has 0 aromatic carbocycles. The zero-order valence-electron chi connectivity index (χ0n) is 16.6. The Morgan fingerprint density at radius 1 is 1.15 bits per heavy atom. The first-order chi connectivity index (χ1) is 12.5. The predicted molar refractivity (Wildman–Crippen MR) is 115 cm³/mol. The van der Waals surface area contributed by atoms with Crippen molar-refractivity contribution in [3.63, 3.8) is 0 Å². The molecule has 1 unspecified atom stereocenters. The summed E-state index contributed by atoms with van der Waals surface area (Å²) in [5, 5.41) is 14.7. The zero-order chi connectivity index (χ0) is 19.8. The molecular formula is C22H34N4. The van der Waals surface area contributed by atoms with Crippen molar-refractivity contribution in [3.05, 3.63) is 85.4 Å². The molecule has 0 aliphatic heterocycles. The Balaban J connectivity index is 5.36. The highest BCUT2D eigenvalue weighted by Gasteiger charge is 2.07. The summed E-state index contributed by atoms with van der Waals surface area (Å²) in [6.45, 7) is 21.8. The fourth-order valence-corrected chi connectivity index (χ4v) is 2.03. The minimum absolute atomic E-state index is 0.436. The maximum absolute atomic E-state index is 4.34. The molecule has 4 nitrogen and oxygen atoms in total. The van der Waals surface area contributed by atoms with Crippen LogP contribution in [0.15, 0.2) is 95.7 Å². The van der Waals surface area contributed by atoms with Crippen LogP contribution in [0.1, 0.15) is 26.7 Å². The van der Waals surface area contributed by atoms with Gasteiger partial charge >= 0.3 is 0 Å². The molecule has 26 heavy (non-hydrogen) atoms. The summed E-state index contributed by atoms with van der Waals surface area (Å²) >= 11 is 0. The molecule has 2 N–H and O–H groups in total. The van der Waals surface area contributed by atoms with Gasteiger partial charge in [-0.05, 0) is 31.8 Å². The van der Waals surface area contributed by atoms with Gasteiger partial charge in [-0.25, -0.2) is 0 Å². The van der Waals surface area contributed by atoms with Crippen molar-refractivity contribution < 1.29 is 0 Å². The highest BCUT2D eigenvalue weighted by molar-refractivity contribution is 5.42. The fourth-order valence-electron chi connectivity index (χ4n) is 2.03. The number of nitrogens with one attached hydrogen (secondary N) is 2. The molecule has 0 saturated heterocycles. The summed E-state index contributed by atoms with van der Waals surface area (Å²) in [5.74, 6) is 0.936. The number of allylic oxidation sites excluding steroid dienone is 7. The third-order valence-corrected chi connectivity index (χ3v) is 3.83. The third kappa shape index (κ3) is 10.4. The molecule has 0 aromatic rings. The second-order valence-electron chi connectivity index (χ2n) is 5.84. The molecule has 4 heteroatoms. The lowest BCUT2D eigenvalue weighted by Crippen LogP contribution is -2.17. The van der Waals surface area contributed by atoms with E-state index in [1.165, 1.54) is 5.57 Å². The highest BCUT2D eigenvalue weighted by atomic mass is 15.2. The van der Waals surface area contributed by atoms with Gasteiger partial charge in [-0.2, -0.15) is 0 Å². The molecular weight excluding hydrogens is 320 g/mol. The summed E-state index contributed by atoms with van der Waals surface area (Å²) < 4.78 is 0. The Bertz CT molecular complexity index is 591. The average molecular weight is 355 g/mol. The van der Waals surface area contributed by atoms with Crippen LogP contribution in [0.3, 0.4) is 0 Å². The molecule has 0 aliphatic carbocycles. The van der Waals surface area contributed by atoms with Gasteiger partial charge in [-0.15, -0.1) is 10.2 Å². The molecule has 0 heterocycles. The second-order valence-corrected chi connectivity index (χ2v) is 5.84. The van der Waals surface area contributed by atoms with Crippen LogP contribution in [0.2, 0.25) is 0 Å². The number of hydrogen-bond acceptors (Lipinski definition) is 4. The van der Waals surface area contributed by atoms with Crippen LogP contribution in [0, 0.1) is 5.92 Å². The van der Waals surface area contributed by atoms with Gasteiger partial charge in [0.25, 0.3) is 0 Å². The van der Waals surface area contributed by atoms with Gasteiger partial charge in [0, 0.05) is 12.6 Å². The summed E-state index contributed by atoms with van der Waals surface area (Å²) in [6, 6.07) is 0. The molecule has 1 atom stereocenters. The number of azo groups is 1. The van der Waals surface area contributed by atoms with Crippen LogP contribution in [0.4, 0.5) is 0 Å². The zero-order valence-corrected chi connectivity index (χ0v) is 16.6. The van der Waals surface area contributed by atoms with E-state index in [4.69, 9.17) is 0 Å². The molecule has 0 radical (unpaired) electrons. The minimum Gasteiger partial charge on any atom is -0.372 e. The Morgan fingerprint density at radius 2 is 1.88 bits per heavy atom. The summed E-state index contributed by atoms with van der Waals surface area (Å²) in [4.78, 5) is 0. The van der Waals surface area contributed by atoms with Gasteiger partial charge in [0.1, 0.15) is 5.82 Å². The third-order valence-electron chi connectivity index (χ3n) is 3.83. The Hall–Kier alpha value is -2.46. The first-order valence-corrected chi connectivity index (χ1v) is 8.99. The maximum Gasteiger partial charge on any atom is 0.141 e. The molecule has 0 amide bonds. The molecule has 0 fully saturated rings. The lowest BCUT2D eigenvalue weighted by Gasteiger charge is -2.14. The van der Waals surface area contributed by atoms with Gasteiger partial charge in [0.15, 0.2) is 0 Å². The number of nitrogens with zero attached hydrogens (tertiary/aromatic N) is 2. The van der Waals surface area contributed by atoms with E-state index >= 15 is 0 Å². The van der Waals surface area contributed by atoms with Crippen LogP contribution in [0.5, 0.6) is 0 Å². The Labute approximate surface area is 159 Å². The van der Waals surface area contributed by atoms with Gasteiger partial charge in [0.2, 0.25) is 0 Å². The minimum atomic E-state index is 0.436. The van der Waals surface area contributed by atoms with Crippen molar-refractivity contribution in [2.45, 2.75) is 26.7 Å². The van der Waals surface area contributed by atoms with Gasteiger partial charge in [-0.1, -0.05) is 82.2 Å². The van der Waals surface area contributed by atoms with E-state index in [2.05, 4.69) is 61.0 Å². The van der Waals surface area contributed by atoms with Crippen molar-refractivity contribution in [2.24, 2.45) is 16.1 Å². The Morgan fingerprint density at radius 3 is 2.46 bits per heavy atom. The van der Waals surface area contributed by atoms with Crippen LogP contribution in [-0.2, 0) is 0 Å². The quantitative estimate of drug-likeness (QED) is 0.189. The second kappa shape index (κ2) is 14.8. The lowest BCUT2D eigenvalue weighted by molar-refractivity contribution is 0.560. The van der Waals surface area contributed by atoms with Crippen LogP contribution in [0.25, 0.3) is 0 Å². The SMILES string of the molecule is C=CC=C(/C=C\C=C)C(=C/CC(=C)C(C)CCNCC)/N=N\C(=C)NC. The van der Waals surface area contributed by atoms with E-state index in [-0.39, 0.29) is 0 Å². The van der Waals surface area contributed by atoms with Crippen molar-refractivity contribution in [1.82, 2.24) is 10.6 Å². The van der Waals surface area contributed by atoms with E-state index in [1.807, 2.05) is 24.3 Å². The van der Waals surface area contributed by atoms with Crippen molar-refractivity contribution in [3.8, 4) is 0 Å². The first kappa shape index (κ1) is 23.5. The van der Waals surface area contributed by atoms with E-state index in [9.17, 15) is 0 Å². The lowest BCUT2D eigenvalue weighted by atomic mass is 9.95. The normalized spacial score (nSPS) is 13.8. The topological polar surface area (TPSA) is 48.8 Å². The van der Waals surface area contributed by atoms with Crippen molar-refractivity contribution in [2.75, 3.05) is 20.1 Å². The summed E-state index contributed by atoms with van der Waals surface area (Å²) in [7, 11) is 1.76. The van der Waals surface area contributed by atoms with Gasteiger partial charge in [0.05, 0.1) is 5.70 Å². The summed E-state index contributed by atoms with van der Waals surface area (Å²) in [6.07, 6.45) is 13.0. The smallest absolute Gasteiger partial charge is 0.141 e. The van der Waals surface area contributed by atoms with Crippen molar-refractivity contribution >= 4 is 0 Å². The molecule has 0 aliphatic rings. The van der Waals surface area contributed by atoms with Crippen molar-refractivity contribution in [1.29, 1.82) is 0 Å². The molecule has 0 bridgehead atoms. The maximum atomic E-state index is 4.34. The van der Waals surface area contributed by atoms with E-state index in [0.29, 0.717) is 11.7 Å². The number of hydrogen-bond donors (Lipinski definition) is 2. The molecule has 0 spiro atoms. The fraction of sp³-hybridized carbons (Fsp3) is 0.364. The Kier molecular flexibility index (Phi) is 13.4. The molecule has 0 aromatic heterocycles. The highest BCUT2D eigenvalue weighted by Crippen LogP contribution is 2.21. The van der Waals surface area contributed by atoms with Crippen LogP contribution in [-0.4, -0.2) is 20.1 Å². The molecule has 142 valence electrons. The standard InChI is InChI=1S/C22H34N4/c1-8-11-13-21(12-9-2)22(26-25-20(6)23-7)15-14-18(4)19(5)16-17-24-10-3/h8-9,11-13,15,19,23-24H,1-2,4,6,10,14,16-17H2,3,5,7H3/b13-11-,21-12?,22-15-,26-25-. The van der Waals surface area contributed by atoms with E-state index < -0.39 is 0 Å². The van der Waals surface area contributed by atoms with Crippen LogP contribution < -0.4 is 10.6 Å². The first-order valence-electron chi connectivity index (χ1n) is 8.99. The number of rotatable bonds is 14. The predicted octanol–water partition coefficient (Wildman–Crippen LogP) is 5.45. The van der Waals surface area contributed by atoms with E-state index in [0.717, 1.165) is 37.2 Å². The molecule has 0 saturated carbocycles. The largest absolute Gasteiger partial charge is 0.372 e. The van der Waals surface area contributed by atoms with Gasteiger partial charge in [-0.3, -0.25) is 0 Å². The monoisotopic (exact) mass is 354 g/mol. The van der Waals surface area contributed by atoms with E-state index in [1.54, 1.807) is 19.2 Å².